The zero-order valence-electron chi connectivity index (χ0n) is 23.7. The van der Waals surface area contributed by atoms with Crippen LogP contribution in [0.2, 0.25) is 10.0 Å². The highest BCUT2D eigenvalue weighted by Crippen LogP contribution is 2.38. The summed E-state index contributed by atoms with van der Waals surface area (Å²) in [5.74, 6) is 1.00. The zero-order chi connectivity index (χ0) is 29.7. The first-order valence-corrected chi connectivity index (χ1v) is 14.7. The molecule has 7 nitrogen and oxygen atoms in total. The van der Waals surface area contributed by atoms with Crippen LogP contribution in [0.15, 0.2) is 83.4 Å². The summed E-state index contributed by atoms with van der Waals surface area (Å²) in [6.07, 6.45) is 1.51. The van der Waals surface area contributed by atoms with Gasteiger partial charge in [-0.1, -0.05) is 76.9 Å². The molecule has 0 saturated carbocycles. The molecule has 42 heavy (non-hydrogen) atoms. The number of nitrogens with zero attached hydrogens (tertiary/aromatic N) is 3. The molecule has 0 N–H and O–H groups in total. The van der Waals surface area contributed by atoms with E-state index in [0.29, 0.717) is 83.9 Å². The van der Waals surface area contributed by atoms with Gasteiger partial charge in [0.1, 0.15) is 22.8 Å². The maximum atomic E-state index is 13.8. The van der Waals surface area contributed by atoms with E-state index in [9.17, 15) is 9.59 Å². The Balaban J connectivity index is 1.32. The highest BCUT2D eigenvalue weighted by atomic mass is 35.5. The number of likely N-dealkylation sites (tertiary alicyclic amines) is 1. The molecule has 3 aromatic carbocycles. The third-order valence-electron chi connectivity index (χ3n) is 7.89. The van der Waals surface area contributed by atoms with Crippen LogP contribution in [0.5, 0.6) is 5.75 Å². The van der Waals surface area contributed by atoms with Crippen LogP contribution in [0.25, 0.3) is 11.3 Å². The van der Waals surface area contributed by atoms with Gasteiger partial charge < -0.3 is 19.1 Å². The monoisotopic (exact) mass is 605 g/mol. The molecule has 218 valence electrons. The Hall–Kier alpha value is -3.81. The summed E-state index contributed by atoms with van der Waals surface area (Å²) >= 11 is 12.5. The average Bonchev–Trinajstić information content (AvgIpc) is 3.38. The fraction of sp³-hybridized carbons (Fsp3) is 0.303. The molecule has 0 unspecified atom stereocenters. The predicted molar refractivity (Wildman–Crippen MR) is 164 cm³/mol. The highest BCUT2D eigenvalue weighted by molar-refractivity contribution is 6.33. The summed E-state index contributed by atoms with van der Waals surface area (Å²) in [4.78, 5) is 30.9. The van der Waals surface area contributed by atoms with E-state index in [1.54, 1.807) is 34.9 Å². The number of hydrogen-bond donors (Lipinski definition) is 0. The Morgan fingerprint density at radius 2 is 1.64 bits per heavy atom. The van der Waals surface area contributed by atoms with Crippen LogP contribution < -0.4 is 4.74 Å². The number of piperidine rings is 1. The van der Waals surface area contributed by atoms with Gasteiger partial charge in [0.2, 0.25) is 5.91 Å². The molecule has 2 heterocycles. The lowest BCUT2D eigenvalue weighted by molar-refractivity contribution is -0.134. The molecule has 1 fully saturated rings. The Kier molecular flexibility index (Phi) is 9.19. The van der Waals surface area contributed by atoms with Crippen molar-refractivity contribution in [3.8, 4) is 17.0 Å². The van der Waals surface area contributed by atoms with Crippen LogP contribution in [-0.4, -0.2) is 53.5 Å². The number of amides is 2. The minimum atomic E-state index is -0.451. The summed E-state index contributed by atoms with van der Waals surface area (Å²) in [7, 11) is 1.83. The Bertz CT molecular complexity index is 1530. The SMILES string of the molecule is Cc1onc(-c2ccccc2Cl)c1C(=O)N1CCC(COc2ccc(Cl)cc2)(CC(=O)N(C)Cc2ccccc2)CC1. The zero-order valence-corrected chi connectivity index (χ0v) is 25.2. The minimum absolute atomic E-state index is 0.0363. The van der Waals surface area contributed by atoms with Gasteiger partial charge in [-0.15, -0.1) is 0 Å². The summed E-state index contributed by atoms with van der Waals surface area (Å²) in [6, 6.07) is 24.4. The van der Waals surface area contributed by atoms with Crippen LogP contribution in [0.1, 0.15) is 40.9 Å². The second-order valence-corrected chi connectivity index (χ2v) is 11.7. The summed E-state index contributed by atoms with van der Waals surface area (Å²) in [5, 5.41) is 5.29. The molecule has 9 heteroatoms. The number of ether oxygens (including phenoxy) is 1. The maximum absolute atomic E-state index is 13.8. The number of halogens is 2. The first-order chi connectivity index (χ1) is 20.2. The van der Waals surface area contributed by atoms with Crippen LogP contribution in [-0.2, 0) is 11.3 Å². The molecule has 5 rings (SSSR count). The first kappa shape index (κ1) is 29.7. The molecule has 0 bridgehead atoms. The molecule has 0 radical (unpaired) electrons. The molecule has 1 saturated heterocycles. The van der Waals surface area contributed by atoms with Crippen LogP contribution in [0, 0.1) is 12.3 Å². The van der Waals surface area contributed by atoms with Crippen molar-refractivity contribution in [3.63, 3.8) is 0 Å². The molecule has 0 spiro atoms. The van der Waals surface area contributed by atoms with Gasteiger partial charge in [-0.2, -0.15) is 0 Å². The fourth-order valence-electron chi connectivity index (χ4n) is 5.34. The van der Waals surface area contributed by atoms with Gasteiger partial charge in [0.05, 0.1) is 11.6 Å². The largest absolute Gasteiger partial charge is 0.493 e. The normalized spacial score (nSPS) is 14.4. The highest BCUT2D eigenvalue weighted by Gasteiger charge is 2.40. The number of carbonyl (C=O) groups is 2. The third-order valence-corrected chi connectivity index (χ3v) is 8.47. The van der Waals surface area contributed by atoms with E-state index in [0.717, 1.165) is 5.56 Å². The van der Waals surface area contributed by atoms with E-state index >= 15 is 0 Å². The Morgan fingerprint density at radius 3 is 2.33 bits per heavy atom. The quantitative estimate of drug-likeness (QED) is 0.200. The van der Waals surface area contributed by atoms with Crippen LogP contribution >= 0.6 is 23.2 Å². The minimum Gasteiger partial charge on any atom is -0.493 e. The van der Waals surface area contributed by atoms with Crippen molar-refractivity contribution in [1.29, 1.82) is 0 Å². The van der Waals surface area contributed by atoms with Crippen LogP contribution in [0.4, 0.5) is 0 Å². The lowest BCUT2D eigenvalue weighted by Gasteiger charge is -2.42. The maximum Gasteiger partial charge on any atom is 0.259 e. The summed E-state index contributed by atoms with van der Waals surface area (Å²) < 4.78 is 11.7. The van der Waals surface area contributed by atoms with Crippen molar-refractivity contribution < 1.29 is 18.8 Å². The number of aromatic nitrogens is 1. The van der Waals surface area contributed by atoms with Crippen molar-refractivity contribution in [2.75, 3.05) is 26.7 Å². The van der Waals surface area contributed by atoms with E-state index in [-0.39, 0.29) is 11.8 Å². The lowest BCUT2D eigenvalue weighted by Crippen LogP contribution is -2.47. The molecule has 1 aromatic heterocycles. The molecular weight excluding hydrogens is 573 g/mol. The number of rotatable bonds is 9. The van der Waals surface area contributed by atoms with Gasteiger partial charge in [0.25, 0.3) is 5.91 Å². The lowest BCUT2D eigenvalue weighted by atomic mass is 9.75. The number of carbonyl (C=O) groups excluding carboxylic acids is 2. The van der Waals surface area contributed by atoms with Gasteiger partial charge >= 0.3 is 0 Å². The van der Waals surface area contributed by atoms with E-state index in [1.807, 2.05) is 67.7 Å². The fourth-order valence-corrected chi connectivity index (χ4v) is 5.70. The second-order valence-electron chi connectivity index (χ2n) is 10.9. The van der Waals surface area contributed by atoms with Gasteiger partial charge in [-0.3, -0.25) is 9.59 Å². The number of benzene rings is 3. The van der Waals surface area contributed by atoms with Gasteiger partial charge in [0.15, 0.2) is 0 Å². The topological polar surface area (TPSA) is 75.9 Å². The van der Waals surface area contributed by atoms with Crippen molar-refractivity contribution in [1.82, 2.24) is 15.0 Å². The summed E-state index contributed by atoms with van der Waals surface area (Å²) in [6.45, 7) is 3.53. The molecule has 1 aliphatic heterocycles. The van der Waals surface area contributed by atoms with Crippen molar-refractivity contribution in [2.24, 2.45) is 5.41 Å². The Labute approximate surface area is 256 Å². The van der Waals surface area contributed by atoms with Crippen molar-refractivity contribution in [3.05, 3.63) is 106 Å². The number of aryl methyl sites for hydroxylation is 1. The standard InChI is InChI=1S/C33H33Cl2N3O4/c1-23-30(31(36-42-23)27-10-6-7-11-28(27)35)32(40)38-18-16-33(17-19-38,22-41-26-14-12-25(34)13-15-26)20-29(39)37(2)21-24-8-4-3-5-9-24/h3-15H,16-22H2,1-2H3. The van der Waals surface area contributed by atoms with E-state index in [2.05, 4.69) is 5.16 Å². The molecule has 0 aliphatic carbocycles. The van der Waals surface area contributed by atoms with E-state index in [4.69, 9.17) is 32.5 Å². The van der Waals surface area contributed by atoms with Crippen LogP contribution in [0.3, 0.4) is 0 Å². The Morgan fingerprint density at radius 1 is 0.976 bits per heavy atom. The molecule has 4 aromatic rings. The second kappa shape index (κ2) is 13.0. The third kappa shape index (κ3) is 6.80. The molecule has 1 aliphatic rings. The van der Waals surface area contributed by atoms with Gasteiger partial charge in [0, 0.05) is 49.1 Å². The van der Waals surface area contributed by atoms with Crippen molar-refractivity contribution in [2.45, 2.75) is 32.7 Å². The average molecular weight is 607 g/mol. The smallest absolute Gasteiger partial charge is 0.259 e. The molecule has 0 atom stereocenters. The van der Waals surface area contributed by atoms with E-state index < -0.39 is 5.41 Å². The molecule has 2 amide bonds. The summed E-state index contributed by atoms with van der Waals surface area (Å²) in [5.41, 5.74) is 2.11. The van der Waals surface area contributed by atoms with Gasteiger partial charge in [-0.05, 0) is 55.7 Å². The van der Waals surface area contributed by atoms with E-state index in [1.165, 1.54) is 0 Å². The molecular formula is C33H33Cl2N3O4. The van der Waals surface area contributed by atoms with Crippen molar-refractivity contribution >= 4 is 35.0 Å². The first-order valence-electron chi connectivity index (χ1n) is 13.9. The van der Waals surface area contributed by atoms with Gasteiger partial charge in [-0.25, -0.2) is 0 Å². The predicted octanol–water partition coefficient (Wildman–Crippen LogP) is 7.31. The number of hydrogen-bond acceptors (Lipinski definition) is 5.